The van der Waals surface area contributed by atoms with Crippen LogP contribution in [0.25, 0.3) is 0 Å². The standard InChI is InChI=1S/C15H22FNO3S/c1-11(2)21(19,20)17-14-5-3-4-10-15(14,16)12-6-8-13(18)9-7-12/h6-9,11,14,17-18H,3-5,10H2,1-2H3. The minimum absolute atomic E-state index is 0.0671. The van der Waals surface area contributed by atoms with Crippen LogP contribution in [0.15, 0.2) is 24.3 Å². The molecule has 21 heavy (non-hydrogen) atoms. The number of sulfonamides is 1. The van der Waals surface area contributed by atoms with Gasteiger partial charge >= 0.3 is 0 Å². The number of rotatable bonds is 4. The summed E-state index contributed by atoms with van der Waals surface area (Å²) in [5.74, 6) is 0.0671. The van der Waals surface area contributed by atoms with E-state index in [9.17, 15) is 13.5 Å². The van der Waals surface area contributed by atoms with Crippen LogP contribution in [0.4, 0.5) is 4.39 Å². The number of hydrogen-bond donors (Lipinski definition) is 2. The van der Waals surface area contributed by atoms with Gasteiger partial charge in [-0.25, -0.2) is 17.5 Å². The van der Waals surface area contributed by atoms with E-state index in [1.54, 1.807) is 13.8 Å². The van der Waals surface area contributed by atoms with Gasteiger partial charge in [-0.05, 0) is 50.8 Å². The van der Waals surface area contributed by atoms with Gasteiger partial charge in [-0.2, -0.15) is 0 Å². The zero-order valence-electron chi connectivity index (χ0n) is 12.3. The number of alkyl halides is 1. The highest BCUT2D eigenvalue weighted by atomic mass is 32.2. The monoisotopic (exact) mass is 315 g/mol. The molecule has 6 heteroatoms. The molecule has 0 bridgehead atoms. The molecule has 118 valence electrons. The molecule has 0 aliphatic heterocycles. The van der Waals surface area contributed by atoms with E-state index in [-0.39, 0.29) is 12.2 Å². The van der Waals surface area contributed by atoms with E-state index >= 15 is 4.39 Å². The van der Waals surface area contributed by atoms with Crippen LogP contribution in [-0.2, 0) is 15.7 Å². The summed E-state index contributed by atoms with van der Waals surface area (Å²) >= 11 is 0. The highest BCUT2D eigenvalue weighted by Gasteiger charge is 2.44. The van der Waals surface area contributed by atoms with E-state index < -0.39 is 27.0 Å². The Bertz CT molecular complexity index is 585. The van der Waals surface area contributed by atoms with Crippen LogP contribution >= 0.6 is 0 Å². The van der Waals surface area contributed by atoms with Crippen molar-refractivity contribution in [2.24, 2.45) is 0 Å². The molecule has 2 atom stereocenters. The summed E-state index contributed by atoms with van der Waals surface area (Å²) in [5.41, 5.74) is -1.31. The second kappa shape index (κ2) is 5.93. The minimum Gasteiger partial charge on any atom is -0.508 e. The Labute approximate surface area is 125 Å². The van der Waals surface area contributed by atoms with Gasteiger partial charge in [0.2, 0.25) is 10.0 Å². The van der Waals surface area contributed by atoms with E-state index in [0.29, 0.717) is 12.0 Å². The third-order valence-electron chi connectivity index (χ3n) is 4.11. The second-order valence-electron chi connectivity index (χ2n) is 5.92. The lowest BCUT2D eigenvalue weighted by molar-refractivity contribution is 0.0712. The molecular weight excluding hydrogens is 293 g/mol. The summed E-state index contributed by atoms with van der Waals surface area (Å²) < 4.78 is 42.1. The van der Waals surface area contributed by atoms with Crippen molar-refractivity contribution >= 4 is 10.0 Å². The van der Waals surface area contributed by atoms with Crippen LogP contribution in [0, 0.1) is 0 Å². The maximum Gasteiger partial charge on any atom is 0.214 e. The first-order chi connectivity index (χ1) is 9.75. The highest BCUT2D eigenvalue weighted by molar-refractivity contribution is 7.90. The average molecular weight is 315 g/mol. The zero-order valence-corrected chi connectivity index (χ0v) is 13.2. The maximum absolute atomic E-state index is 15.5. The molecule has 0 aromatic heterocycles. The van der Waals surface area contributed by atoms with Crippen molar-refractivity contribution in [3.05, 3.63) is 29.8 Å². The minimum atomic E-state index is -3.52. The topological polar surface area (TPSA) is 66.4 Å². The fourth-order valence-electron chi connectivity index (χ4n) is 2.70. The number of nitrogens with one attached hydrogen (secondary N) is 1. The molecule has 1 aliphatic rings. The summed E-state index contributed by atoms with van der Waals surface area (Å²) in [7, 11) is -3.52. The van der Waals surface area contributed by atoms with Crippen molar-refractivity contribution in [3.63, 3.8) is 0 Å². The molecule has 0 radical (unpaired) electrons. The van der Waals surface area contributed by atoms with E-state index in [1.165, 1.54) is 24.3 Å². The van der Waals surface area contributed by atoms with Crippen molar-refractivity contribution in [1.82, 2.24) is 4.72 Å². The highest BCUT2D eigenvalue weighted by Crippen LogP contribution is 2.41. The number of phenolic OH excluding ortho intramolecular Hbond substituents is 1. The van der Waals surface area contributed by atoms with Crippen LogP contribution < -0.4 is 4.72 Å². The SMILES string of the molecule is CC(C)S(=O)(=O)NC1CCCCC1(F)c1ccc(O)cc1. The first-order valence-electron chi connectivity index (χ1n) is 7.25. The third kappa shape index (κ3) is 3.37. The van der Waals surface area contributed by atoms with Crippen molar-refractivity contribution < 1.29 is 17.9 Å². The molecule has 0 amide bonds. The summed E-state index contributed by atoms with van der Waals surface area (Å²) in [6, 6.07) is 5.15. The molecule has 0 saturated heterocycles. The van der Waals surface area contributed by atoms with E-state index in [4.69, 9.17) is 0 Å². The van der Waals surface area contributed by atoms with Crippen molar-refractivity contribution in [1.29, 1.82) is 0 Å². The number of benzene rings is 1. The second-order valence-corrected chi connectivity index (χ2v) is 8.19. The number of aromatic hydroxyl groups is 1. The molecule has 2 unspecified atom stereocenters. The van der Waals surface area contributed by atoms with E-state index in [1.807, 2.05) is 0 Å². The largest absolute Gasteiger partial charge is 0.508 e. The van der Waals surface area contributed by atoms with Gasteiger partial charge in [-0.3, -0.25) is 0 Å². The first kappa shape index (κ1) is 16.2. The van der Waals surface area contributed by atoms with Gasteiger partial charge in [0.15, 0.2) is 5.67 Å². The summed E-state index contributed by atoms with van der Waals surface area (Å²) in [4.78, 5) is 0. The van der Waals surface area contributed by atoms with Gasteiger partial charge in [-0.15, -0.1) is 0 Å². The molecule has 1 fully saturated rings. The Morgan fingerprint density at radius 1 is 1.29 bits per heavy atom. The van der Waals surface area contributed by atoms with Crippen molar-refractivity contribution in [2.75, 3.05) is 0 Å². The molecular formula is C15H22FNO3S. The molecule has 4 nitrogen and oxygen atoms in total. The normalized spacial score (nSPS) is 27.0. The van der Waals surface area contributed by atoms with Crippen molar-refractivity contribution in [2.45, 2.75) is 56.5 Å². The Balaban J connectivity index is 2.32. The van der Waals surface area contributed by atoms with E-state index in [2.05, 4.69) is 4.72 Å². The fourth-order valence-corrected chi connectivity index (χ4v) is 3.68. The van der Waals surface area contributed by atoms with Gasteiger partial charge in [0, 0.05) is 0 Å². The molecule has 0 heterocycles. The summed E-state index contributed by atoms with van der Waals surface area (Å²) in [6.07, 6.45) is 2.28. The van der Waals surface area contributed by atoms with Gasteiger partial charge in [-0.1, -0.05) is 18.6 Å². The predicted octanol–water partition coefficient (Wildman–Crippen LogP) is 2.83. The maximum atomic E-state index is 15.5. The lowest BCUT2D eigenvalue weighted by Crippen LogP contribution is -2.51. The summed E-state index contributed by atoms with van der Waals surface area (Å²) in [6.45, 7) is 3.15. The van der Waals surface area contributed by atoms with Gasteiger partial charge in [0.1, 0.15) is 5.75 Å². The summed E-state index contributed by atoms with van der Waals surface area (Å²) in [5, 5.41) is 8.74. The van der Waals surface area contributed by atoms with Crippen LogP contribution in [0.2, 0.25) is 0 Å². The molecule has 1 aromatic rings. The number of halogens is 1. The molecule has 1 saturated carbocycles. The molecule has 2 rings (SSSR count). The molecule has 2 N–H and O–H groups in total. The fraction of sp³-hybridized carbons (Fsp3) is 0.600. The smallest absolute Gasteiger partial charge is 0.214 e. The first-order valence-corrected chi connectivity index (χ1v) is 8.80. The van der Waals surface area contributed by atoms with Crippen LogP contribution in [0.3, 0.4) is 0 Å². The van der Waals surface area contributed by atoms with Gasteiger partial charge in [0.25, 0.3) is 0 Å². The zero-order chi connectivity index (χ0) is 15.7. The average Bonchev–Trinajstić information content (AvgIpc) is 2.42. The van der Waals surface area contributed by atoms with Crippen molar-refractivity contribution in [3.8, 4) is 5.75 Å². The quantitative estimate of drug-likeness (QED) is 0.898. The molecule has 0 spiro atoms. The Morgan fingerprint density at radius 3 is 2.48 bits per heavy atom. The Morgan fingerprint density at radius 2 is 1.90 bits per heavy atom. The number of phenols is 1. The third-order valence-corrected chi connectivity index (χ3v) is 5.96. The Hall–Kier alpha value is -1.14. The van der Waals surface area contributed by atoms with Crippen LogP contribution in [0.1, 0.15) is 45.1 Å². The lowest BCUT2D eigenvalue weighted by atomic mass is 9.77. The van der Waals surface area contributed by atoms with E-state index in [0.717, 1.165) is 12.8 Å². The number of hydrogen-bond acceptors (Lipinski definition) is 3. The lowest BCUT2D eigenvalue weighted by Gasteiger charge is -2.38. The Kier molecular flexibility index (Phi) is 4.58. The molecule has 1 aromatic carbocycles. The van der Waals surface area contributed by atoms with Gasteiger partial charge in [0.05, 0.1) is 11.3 Å². The van der Waals surface area contributed by atoms with Gasteiger partial charge < -0.3 is 5.11 Å². The predicted molar refractivity (Wildman–Crippen MR) is 80.3 cm³/mol. The van der Waals surface area contributed by atoms with Crippen LogP contribution in [-0.4, -0.2) is 24.8 Å². The van der Waals surface area contributed by atoms with Crippen LogP contribution in [0.5, 0.6) is 5.75 Å². The molecule has 1 aliphatic carbocycles.